The molecular weight excluding hydrogens is 188 g/mol. The van der Waals surface area contributed by atoms with Gasteiger partial charge in [0.15, 0.2) is 6.29 Å². The lowest BCUT2D eigenvalue weighted by Gasteiger charge is -2.09. The molecule has 0 aliphatic heterocycles. The van der Waals surface area contributed by atoms with Crippen LogP contribution in [0.5, 0.6) is 0 Å². The van der Waals surface area contributed by atoms with Crippen molar-refractivity contribution in [3.05, 3.63) is 24.3 Å². The van der Waals surface area contributed by atoms with Gasteiger partial charge in [-0.2, -0.15) is 0 Å². The van der Waals surface area contributed by atoms with Crippen LogP contribution in [-0.4, -0.2) is 30.4 Å². The molecule has 0 fully saturated rings. The molecule has 1 atom stereocenters. The Bertz CT molecular complexity index is 277. The fraction of sp³-hybridized carbons (Fsp3) is 0.333. The Hall–Kier alpha value is -1.62. The molecule has 0 rings (SSSR count). The third-order valence-electron chi connectivity index (χ3n) is 1.32. The first-order valence-electron chi connectivity index (χ1n) is 3.75. The zero-order valence-electron chi connectivity index (χ0n) is 8.07. The fourth-order valence-electron chi connectivity index (χ4n) is 0.596. The molecule has 5 nitrogen and oxygen atoms in total. The van der Waals surface area contributed by atoms with Gasteiger partial charge in [0.05, 0.1) is 18.3 Å². The molecule has 0 spiro atoms. The number of rotatable bonds is 4. The summed E-state index contributed by atoms with van der Waals surface area (Å²) in [6.45, 7) is 7.84. The first kappa shape index (κ1) is 12.4. The van der Waals surface area contributed by atoms with Gasteiger partial charge in [0, 0.05) is 0 Å². The highest BCUT2D eigenvalue weighted by Gasteiger charge is 2.19. The number of methoxy groups -OCH3 is 1. The second-order valence-corrected chi connectivity index (χ2v) is 2.45. The summed E-state index contributed by atoms with van der Waals surface area (Å²) in [4.78, 5) is 22.0. The van der Waals surface area contributed by atoms with E-state index in [1.54, 1.807) is 0 Å². The number of hydrogen-bond donors (Lipinski definition) is 1. The third-order valence-corrected chi connectivity index (χ3v) is 1.32. The molecule has 0 aliphatic carbocycles. The predicted molar refractivity (Wildman–Crippen MR) is 48.1 cm³/mol. The molecule has 0 aliphatic rings. The second kappa shape index (κ2) is 5.18. The molecule has 0 radical (unpaired) electrons. The summed E-state index contributed by atoms with van der Waals surface area (Å²) in [6.07, 6.45) is -1.26. The third kappa shape index (κ3) is 3.40. The molecule has 0 amide bonds. The van der Waals surface area contributed by atoms with Gasteiger partial charge in [-0.15, -0.1) is 0 Å². The van der Waals surface area contributed by atoms with Crippen LogP contribution in [-0.2, 0) is 19.1 Å². The molecule has 0 saturated heterocycles. The Labute approximate surface area is 81.6 Å². The zero-order chi connectivity index (χ0) is 11.3. The van der Waals surface area contributed by atoms with E-state index in [0.717, 1.165) is 7.11 Å². The first-order chi connectivity index (χ1) is 6.40. The lowest BCUT2D eigenvalue weighted by atomic mass is 10.1. The van der Waals surface area contributed by atoms with Gasteiger partial charge < -0.3 is 14.6 Å². The van der Waals surface area contributed by atoms with E-state index in [9.17, 15) is 9.59 Å². The Morgan fingerprint density at radius 1 is 1.21 bits per heavy atom. The number of ether oxygens (including phenoxy) is 2. The molecule has 5 heteroatoms. The highest BCUT2D eigenvalue weighted by atomic mass is 16.6. The topological polar surface area (TPSA) is 72.8 Å². The summed E-state index contributed by atoms with van der Waals surface area (Å²) < 4.78 is 8.69. The molecule has 1 unspecified atom stereocenters. The van der Waals surface area contributed by atoms with Crippen LogP contribution in [0.4, 0.5) is 0 Å². The maximum Gasteiger partial charge on any atom is 0.340 e. The Balaban J connectivity index is 4.40. The van der Waals surface area contributed by atoms with Crippen LogP contribution in [0, 0.1) is 0 Å². The maximum atomic E-state index is 11.1. The van der Waals surface area contributed by atoms with Crippen LogP contribution in [0.15, 0.2) is 24.3 Å². The van der Waals surface area contributed by atoms with E-state index in [1.807, 2.05) is 0 Å². The van der Waals surface area contributed by atoms with E-state index in [1.165, 1.54) is 6.92 Å². The van der Waals surface area contributed by atoms with Gasteiger partial charge in [0.2, 0.25) is 0 Å². The number of aliphatic hydroxyl groups is 1. The smallest absolute Gasteiger partial charge is 0.340 e. The largest absolute Gasteiger partial charge is 0.465 e. The Morgan fingerprint density at radius 3 is 2.00 bits per heavy atom. The summed E-state index contributed by atoms with van der Waals surface area (Å²) in [5, 5.41) is 8.72. The minimum atomic E-state index is -1.26. The van der Waals surface area contributed by atoms with E-state index in [0.29, 0.717) is 0 Å². The van der Waals surface area contributed by atoms with Crippen LogP contribution in [0.25, 0.3) is 0 Å². The average Bonchev–Trinajstić information content (AvgIpc) is 2.13. The lowest BCUT2D eigenvalue weighted by Crippen LogP contribution is -2.18. The first-order valence-corrected chi connectivity index (χ1v) is 3.75. The molecule has 0 saturated carbocycles. The fourth-order valence-corrected chi connectivity index (χ4v) is 0.596. The van der Waals surface area contributed by atoms with E-state index in [2.05, 4.69) is 22.6 Å². The van der Waals surface area contributed by atoms with Gasteiger partial charge in [-0.25, -0.2) is 9.59 Å². The quantitative estimate of drug-likeness (QED) is 0.303. The molecule has 0 aromatic heterocycles. The number of carbonyl (C=O) groups is 2. The minimum absolute atomic E-state index is 0.196. The van der Waals surface area contributed by atoms with Gasteiger partial charge in [0.1, 0.15) is 0 Å². The molecule has 0 heterocycles. The van der Waals surface area contributed by atoms with E-state index >= 15 is 0 Å². The van der Waals surface area contributed by atoms with Crippen molar-refractivity contribution in [2.75, 3.05) is 7.11 Å². The Morgan fingerprint density at radius 2 is 1.64 bits per heavy atom. The van der Waals surface area contributed by atoms with Crippen LogP contribution in [0.3, 0.4) is 0 Å². The lowest BCUT2D eigenvalue weighted by molar-refractivity contribution is -0.160. The van der Waals surface area contributed by atoms with Crippen molar-refractivity contribution in [2.45, 2.75) is 13.2 Å². The molecule has 78 valence electrons. The van der Waals surface area contributed by atoms with E-state index in [-0.39, 0.29) is 11.1 Å². The average molecular weight is 200 g/mol. The molecule has 0 bridgehead atoms. The van der Waals surface area contributed by atoms with Crippen LogP contribution in [0.2, 0.25) is 0 Å². The number of esters is 2. The normalized spacial score (nSPS) is 11.4. The van der Waals surface area contributed by atoms with Gasteiger partial charge in [-0.3, -0.25) is 0 Å². The minimum Gasteiger partial charge on any atom is -0.465 e. The standard InChI is InChI=1S/C9H12O5/c1-5(8(11)13-4)6(2)9(12)14-7(3)10/h7,10H,1-2H2,3-4H3. The van der Waals surface area contributed by atoms with E-state index < -0.39 is 18.2 Å². The summed E-state index contributed by atoms with van der Waals surface area (Å²) in [5.74, 6) is -1.67. The van der Waals surface area contributed by atoms with Crippen molar-refractivity contribution < 1.29 is 24.2 Å². The molecule has 1 N–H and O–H groups in total. The van der Waals surface area contributed by atoms with Crippen molar-refractivity contribution in [2.24, 2.45) is 0 Å². The van der Waals surface area contributed by atoms with Gasteiger partial charge in [-0.1, -0.05) is 13.2 Å². The SMILES string of the molecule is C=C(C(=C)C(=O)OC(C)O)C(=O)OC. The van der Waals surface area contributed by atoms with Gasteiger partial charge >= 0.3 is 11.9 Å². The summed E-state index contributed by atoms with van der Waals surface area (Å²) >= 11 is 0. The van der Waals surface area contributed by atoms with Crippen molar-refractivity contribution in [1.82, 2.24) is 0 Å². The number of aliphatic hydroxyl groups excluding tert-OH is 1. The van der Waals surface area contributed by atoms with Crippen molar-refractivity contribution in [1.29, 1.82) is 0 Å². The van der Waals surface area contributed by atoms with Crippen molar-refractivity contribution in [3.63, 3.8) is 0 Å². The zero-order valence-corrected chi connectivity index (χ0v) is 8.07. The summed E-state index contributed by atoms with van der Waals surface area (Å²) in [7, 11) is 1.15. The van der Waals surface area contributed by atoms with E-state index in [4.69, 9.17) is 5.11 Å². The monoisotopic (exact) mass is 200 g/mol. The maximum absolute atomic E-state index is 11.1. The number of hydrogen-bond acceptors (Lipinski definition) is 5. The summed E-state index contributed by atoms with van der Waals surface area (Å²) in [6, 6.07) is 0. The van der Waals surface area contributed by atoms with Crippen LogP contribution >= 0.6 is 0 Å². The highest BCUT2D eigenvalue weighted by Crippen LogP contribution is 2.09. The summed E-state index contributed by atoms with van der Waals surface area (Å²) in [5.41, 5.74) is -0.434. The molecule has 0 aromatic rings. The van der Waals surface area contributed by atoms with Crippen molar-refractivity contribution in [3.8, 4) is 0 Å². The second-order valence-electron chi connectivity index (χ2n) is 2.45. The Kier molecular flexibility index (Phi) is 4.58. The van der Waals surface area contributed by atoms with Gasteiger partial charge in [-0.05, 0) is 6.92 Å². The van der Waals surface area contributed by atoms with Crippen LogP contribution < -0.4 is 0 Å². The molecular formula is C9H12O5. The van der Waals surface area contributed by atoms with Crippen LogP contribution in [0.1, 0.15) is 6.92 Å². The highest BCUT2D eigenvalue weighted by molar-refractivity contribution is 6.05. The molecule has 14 heavy (non-hydrogen) atoms. The van der Waals surface area contributed by atoms with Gasteiger partial charge in [0.25, 0.3) is 0 Å². The molecule has 0 aromatic carbocycles. The van der Waals surface area contributed by atoms with Crippen molar-refractivity contribution >= 4 is 11.9 Å². The number of carbonyl (C=O) groups excluding carboxylic acids is 2. The predicted octanol–water partition coefficient (Wildman–Crippen LogP) is 0.153.